The summed E-state index contributed by atoms with van der Waals surface area (Å²) in [5, 5.41) is 11.6. The van der Waals surface area contributed by atoms with E-state index >= 15 is 0 Å². The van der Waals surface area contributed by atoms with Crippen LogP contribution in [0.25, 0.3) is 0 Å². The van der Waals surface area contributed by atoms with Crippen LogP contribution in [-0.2, 0) is 13.1 Å². The summed E-state index contributed by atoms with van der Waals surface area (Å²) < 4.78 is 3.03. The van der Waals surface area contributed by atoms with Crippen molar-refractivity contribution in [2.75, 3.05) is 6.54 Å². The first-order valence-electron chi connectivity index (χ1n) is 5.62. The summed E-state index contributed by atoms with van der Waals surface area (Å²) in [6.07, 6.45) is 3.13. The van der Waals surface area contributed by atoms with Gasteiger partial charge in [0.2, 0.25) is 0 Å². The van der Waals surface area contributed by atoms with E-state index in [4.69, 9.17) is 0 Å². The maximum absolute atomic E-state index is 4.13. The minimum absolute atomic E-state index is 0.789. The molecule has 0 spiro atoms. The second-order valence-corrected chi connectivity index (χ2v) is 6.34. The molecule has 0 aromatic carbocycles. The monoisotopic (exact) mass is 314 g/mol. The molecule has 1 N–H and O–H groups in total. The normalized spacial score (nSPS) is 10.9. The highest BCUT2D eigenvalue weighted by Gasteiger charge is 2.03. The quantitative estimate of drug-likeness (QED) is 0.834. The molecule has 0 radical (unpaired) electrons. The molecule has 0 aliphatic heterocycles. The lowest BCUT2D eigenvalue weighted by Crippen LogP contribution is -2.13. The molecule has 0 bridgehead atoms. The predicted molar refractivity (Wildman–Crippen MR) is 73.1 cm³/mol. The van der Waals surface area contributed by atoms with E-state index in [1.807, 2.05) is 10.9 Å². The van der Waals surface area contributed by atoms with Gasteiger partial charge in [-0.3, -0.25) is 0 Å². The molecule has 2 aromatic heterocycles. The zero-order chi connectivity index (χ0) is 12.1. The average molecular weight is 315 g/mol. The van der Waals surface area contributed by atoms with Gasteiger partial charge in [0.15, 0.2) is 0 Å². The van der Waals surface area contributed by atoms with Crippen molar-refractivity contribution in [1.82, 2.24) is 20.3 Å². The van der Waals surface area contributed by atoms with Gasteiger partial charge >= 0.3 is 0 Å². The fourth-order valence-electron chi connectivity index (χ4n) is 1.49. The van der Waals surface area contributed by atoms with Gasteiger partial charge in [-0.25, -0.2) is 4.68 Å². The zero-order valence-corrected chi connectivity index (χ0v) is 12.1. The van der Waals surface area contributed by atoms with Gasteiger partial charge in [-0.05, 0) is 41.0 Å². The number of rotatable bonds is 6. The topological polar surface area (TPSA) is 42.7 Å². The summed E-state index contributed by atoms with van der Waals surface area (Å²) in [6, 6.07) is 4.16. The third kappa shape index (κ3) is 3.90. The van der Waals surface area contributed by atoms with Crippen molar-refractivity contribution in [2.45, 2.75) is 26.4 Å². The molecule has 0 amide bonds. The molecule has 6 heteroatoms. The minimum Gasteiger partial charge on any atom is -0.311 e. The first-order chi connectivity index (χ1) is 8.28. The molecule has 0 atom stereocenters. The van der Waals surface area contributed by atoms with E-state index in [1.165, 1.54) is 4.88 Å². The van der Waals surface area contributed by atoms with Crippen LogP contribution in [0.4, 0.5) is 0 Å². The molecule has 92 valence electrons. The smallest absolute Gasteiger partial charge is 0.0964 e. The van der Waals surface area contributed by atoms with Crippen LogP contribution in [0.3, 0.4) is 0 Å². The lowest BCUT2D eigenvalue weighted by Gasteiger charge is -1.97. The van der Waals surface area contributed by atoms with Crippen molar-refractivity contribution in [3.05, 3.63) is 32.7 Å². The largest absolute Gasteiger partial charge is 0.311 e. The van der Waals surface area contributed by atoms with Gasteiger partial charge in [0, 0.05) is 11.4 Å². The third-order valence-corrected chi connectivity index (χ3v) is 3.87. The van der Waals surface area contributed by atoms with E-state index in [-0.39, 0.29) is 0 Å². The maximum atomic E-state index is 4.13. The van der Waals surface area contributed by atoms with E-state index in [0.29, 0.717) is 0 Å². The SMILES string of the molecule is CCCNCc1cn(Cc2ccc(Br)s2)nn1. The molecule has 0 saturated carbocycles. The first-order valence-corrected chi connectivity index (χ1v) is 7.23. The summed E-state index contributed by atoms with van der Waals surface area (Å²) in [5.74, 6) is 0. The van der Waals surface area contributed by atoms with Gasteiger partial charge < -0.3 is 5.32 Å². The molecular weight excluding hydrogens is 300 g/mol. The highest BCUT2D eigenvalue weighted by molar-refractivity contribution is 9.11. The molecule has 2 rings (SSSR count). The van der Waals surface area contributed by atoms with Crippen LogP contribution >= 0.6 is 27.3 Å². The van der Waals surface area contributed by atoms with Gasteiger partial charge in [0.1, 0.15) is 0 Å². The molecule has 0 unspecified atom stereocenters. The lowest BCUT2D eigenvalue weighted by atomic mass is 10.4. The van der Waals surface area contributed by atoms with Crippen LogP contribution in [-0.4, -0.2) is 21.5 Å². The summed E-state index contributed by atoms with van der Waals surface area (Å²) >= 11 is 5.18. The Morgan fingerprint density at radius 1 is 1.47 bits per heavy atom. The number of nitrogens with zero attached hydrogens (tertiary/aromatic N) is 3. The summed E-state index contributed by atoms with van der Waals surface area (Å²) in [4.78, 5) is 1.27. The Hall–Kier alpha value is -0.720. The van der Waals surface area contributed by atoms with Gasteiger partial charge in [-0.2, -0.15) is 0 Å². The van der Waals surface area contributed by atoms with Crippen molar-refractivity contribution in [3.8, 4) is 0 Å². The van der Waals surface area contributed by atoms with E-state index < -0.39 is 0 Å². The van der Waals surface area contributed by atoms with Gasteiger partial charge in [-0.15, -0.1) is 16.4 Å². The van der Waals surface area contributed by atoms with E-state index in [1.54, 1.807) is 11.3 Å². The van der Waals surface area contributed by atoms with Crippen LogP contribution < -0.4 is 5.32 Å². The summed E-state index contributed by atoms with van der Waals surface area (Å²) in [7, 11) is 0. The Bertz CT molecular complexity index is 465. The van der Waals surface area contributed by atoms with Crippen molar-refractivity contribution < 1.29 is 0 Å². The van der Waals surface area contributed by atoms with Crippen LogP contribution in [0.5, 0.6) is 0 Å². The maximum Gasteiger partial charge on any atom is 0.0964 e. The second-order valence-electron chi connectivity index (χ2n) is 3.79. The molecule has 0 saturated heterocycles. The lowest BCUT2D eigenvalue weighted by molar-refractivity contribution is 0.649. The van der Waals surface area contributed by atoms with Crippen molar-refractivity contribution in [2.24, 2.45) is 0 Å². The van der Waals surface area contributed by atoms with Crippen molar-refractivity contribution >= 4 is 27.3 Å². The molecule has 0 aliphatic carbocycles. The molecule has 17 heavy (non-hydrogen) atoms. The second kappa shape index (κ2) is 6.28. The molecule has 0 aliphatic rings. The number of nitrogens with one attached hydrogen (secondary N) is 1. The molecule has 0 fully saturated rings. The average Bonchev–Trinajstić information content (AvgIpc) is 2.90. The van der Waals surface area contributed by atoms with Crippen LogP contribution in [0.2, 0.25) is 0 Å². The standard InChI is InChI=1S/C11H15BrN4S/c1-2-5-13-6-9-7-16(15-14-9)8-10-3-4-11(12)17-10/h3-4,7,13H,2,5-6,8H2,1H3. The van der Waals surface area contributed by atoms with Crippen LogP contribution in [0.15, 0.2) is 22.1 Å². The summed E-state index contributed by atoms with van der Waals surface area (Å²) in [5.41, 5.74) is 0.995. The van der Waals surface area contributed by atoms with Crippen molar-refractivity contribution in [3.63, 3.8) is 0 Å². The van der Waals surface area contributed by atoms with E-state index in [0.717, 1.165) is 35.5 Å². The minimum atomic E-state index is 0.789. The van der Waals surface area contributed by atoms with E-state index in [2.05, 4.69) is 50.6 Å². The molecular formula is C11H15BrN4S. The highest BCUT2D eigenvalue weighted by Crippen LogP contribution is 2.22. The highest BCUT2D eigenvalue weighted by atomic mass is 79.9. The number of aromatic nitrogens is 3. The summed E-state index contributed by atoms with van der Waals surface area (Å²) in [6.45, 7) is 4.75. The van der Waals surface area contributed by atoms with E-state index in [9.17, 15) is 0 Å². The Balaban J connectivity index is 1.89. The number of hydrogen-bond acceptors (Lipinski definition) is 4. The number of thiophene rings is 1. The predicted octanol–water partition coefficient (Wildman–Crippen LogP) is 2.65. The van der Waals surface area contributed by atoms with Gasteiger partial charge in [0.05, 0.1) is 22.2 Å². The number of halogens is 1. The zero-order valence-electron chi connectivity index (χ0n) is 9.69. The Labute approximate surface area is 113 Å². The van der Waals surface area contributed by atoms with Gasteiger partial charge in [-0.1, -0.05) is 12.1 Å². The Morgan fingerprint density at radius 3 is 3.06 bits per heavy atom. The third-order valence-electron chi connectivity index (χ3n) is 2.27. The van der Waals surface area contributed by atoms with Crippen molar-refractivity contribution in [1.29, 1.82) is 0 Å². The van der Waals surface area contributed by atoms with Crippen LogP contribution in [0, 0.1) is 0 Å². The van der Waals surface area contributed by atoms with Gasteiger partial charge in [0.25, 0.3) is 0 Å². The van der Waals surface area contributed by atoms with Crippen LogP contribution in [0.1, 0.15) is 23.9 Å². The first kappa shape index (κ1) is 12.7. The molecule has 2 aromatic rings. The fourth-order valence-corrected chi connectivity index (χ4v) is 2.96. The Kier molecular flexibility index (Phi) is 4.70. The molecule has 2 heterocycles. The molecule has 4 nitrogen and oxygen atoms in total. The fraction of sp³-hybridized carbons (Fsp3) is 0.455. The Morgan fingerprint density at radius 2 is 2.35 bits per heavy atom. The number of hydrogen-bond donors (Lipinski definition) is 1.